The molecule has 16 heavy (non-hydrogen) atoms. The molecule has 0 amide bonds. The standard InChI is InChI=1S/C14H22O2/c1-3-4-5-8-11-16-14(15)13-10-7-6-9-12(13)2/h3,5,8,12-13H,1,4,6-7,9-11H2,2H3/b8-5+. The summed E-state index contributed by atoms with van der Waals surface area (Å²) >= 11 is 0. The average molecular weight is 222 g/mol. The van der Waals surface area contributed by atoms with Crippen LogP contribution in [0.15, 0.2) is 24.8 Å². The van der Waals surface area contributed by atoms with Gasteiger partial charge >= 0.3 is 5.97 Å². The third-order valence-corrected chi connectivity index (χ3v) is 3.21. The Morgan fingerprint density at radius 1 is 1.38 bits per heavy atom. The van der Waals surface area contributed by atoms with Crippen molar-refractivity contribution in [3.8, 4) is 0 Å². The average Bonchev–Trinajstić information content (AvgIpc) is 2.29. The Hall–Kier alpha value is -1.05. The van der Waals surface area contributed by atoms with Crippen LogP contribution < -0.4 is 0 Å². The molecule has 0 N–H and O–H groups in total. The van der Waals surface area contributed by atoms with E-state index >= 15 is 0 Å². The van der Waals surface area contributed by atoms with Crippen LogP contribution >= 0.6 is 0 Å². The zero-order chi connectivity index (χ0) is 11.8. The van der Waals surface area contributed by atoms with E-state index in [0.29, 0.717) is 12.5 Å². The van der Waals surface area contributed by atoms with Gasteiger partial charge in [-0.2, -0.15) is 0 Å². The summed E-state index contributed by atoms with van der Waals surface area (Å²) in [6.07, 6.45) is 11.1. The van der Waals surface area contributed by atoms with Crippen LogP contribution in [0.1, 0.15) is 39.0 Å². The van der Waals surface area contributed by atoms with Crippen LogP contribution in [0.3, 0.4) is 0 Å². The van der Waals surface area contributed by atoms with E-state index in [4.69, 9.17) is 4.74 Å². The molecule has 2 unspecified atom stereocenters. The summed E-state index contributed by atoms with van der Waals surface area (Å²) in [6, 6.07) is 0. The highest BCUT2D eigenvalue weighted by molar-refractivity contribution is 5.72. The molecule has 0 aromatic carbocycles. The molecule has 2 heteroatoms. The van der Waals surface area contributed by atoms with Crippen molar-refractivity contribution in [1.82, 2.24) is 0 Å². The summed E-state index contributed by atoms with van der Waals surface area (Å²) in [6.45, 7) is 6.17. The van der Waals surface area contributed by atoms with E-state index in [2.05, 4.69) is 13.5 Å². The minimum absolute atomic E-state index is 0.0181. The topological polar surface area (TPSA) is 26.3 Å². The van der Waals surface area contributed by atoms with E-state index in [9.17, 15) is 4.79 Å². The van der Waals surface area contributed by atoms with Crippen molar-refractivity contribution in [3.63, 3.8) is 0 Å². The Bertz CT molecular complexity index is 255. The maximum atomic E-state index is 11.8. The zero-order valence-electron chi connectivity index (χ0n) is 10.2. The first-order valence-electron chi connectivity index (χ1n) is 6.18. The number of hydrogen-bond donors (Lipinski definition) is 0. The summed E-state index contributed by atoms with van der Waals surface area (Å²) in [5.74, 6) is 0.593. The molecule has 1 fully saturated rings. The Labute approximate surface area is 98.4 Å². The summed E-state index contributed by atoms with van der Waals surface area (Å²) < 4.78 is 5.24. The van der Waals surface area contributed by atoms with Crippen molar-refractivity contribution in [2.75, 3.05) is 6.61 Å². The first kappa shape index (κ1) is 13.0. The second-order valence-corrected chi connectivity index (χ2v) is 4.49. The zero-order valence-corrected chi connectivity index (χ0v) is 10.2. The van der Waals surface area contributed by atoms with Crippen molar-refractivity contribution in [1.29, 1.82) is 0 Å². The van der Waals surface area contributed by atoms with Crippen molar-refractivity contribution in [3.05, 3.63) is 24.8 Å². The lowest BCUT2D eigenvalue weighted by atomic mass is 9.80. The Morgan fingerprint density at radius 3 is 2.81 bits per heavy atom. The molecule has 0 saturated heterocycles. The first-order chi connectivity index (χ1) is 7.75. The van der Waals surface area contributed by atoms with Crippen LogP contribution in [0.25, 0.3) is 0 Å². The Balaban J connectivity index is 2.25. The predicted octanol–water partition coefficient (Wildman–Crippen LogP) is 3.49. The molecule has 0 spiro atoms. The van der Waals surface area contributed by atoms with Crippen molar-refractivity contribution in [2.45, 2.75) is 39.0 Å². The molecule has 0 aliphatic heterocycles. The number of ether oxygens (including phenoxy) is 1. The molecule has 2 nitrogen and oxygen atoms in total. The minimum atomic E-state index is -0.0181. The lowest BCUT2D eigenvalue weighted by molar-refractivity contribution is -0.150. The molecule has 1 saturated carbocycles. The van der Waals surface area contributed by atoms with Crippen LogP contribution in [0.4, 0.5) is 0 Å². The maximum absolute atomic E-state index is 11.8. The van der Waals surface area contributed by atoms with E-state index < -0.39 is 0 Å². The molecule has 0 aromatic rings. The van der Waals surface area contributed by atoms with Gasteiger partial charge in [-0.3, -0.25) is 4.79 Å². The highest BCUT2D eigenvalue weighted by Crippen LogP contribution is 2.30. The molecule has 90 valence electrons. The number of esters is 1. The lowest BCUT2D eigenvalue weighted by Gasteiger charge is -2.26. The fraction of sp³-hybridized carbons (Fsp3) is 0.643. The van der Waals surface area contributed by atoms with Gasteiger partial charge in [-0.05, 0) is 25.2 Å². The number of carbonyl (C=O) groups is 1. The van der Waals surface area contributed by atoms with Crippen LogP contribution in [0, 0.1) is 11.8 Å². The van der Waals surface area contributed by atoms with Gasteiger partial charge in [0, 0.05) is 0 Å². The fourth-order valence-corrected chi connectivity index (χ4v) is 2.16. The van der Waals surface area contributed by atoms with E-state index in [1.807, 2.05) is 18.2 Å². The molecular formula is C14H22O2. The lowest BCUT2D eigenvalue weighted by Crippen LogP contribution is -2.27. The molecule has 0 aromatic heterocycles. The smallest absolute Gasteiger partial charge is 0.309 e. The predicted molar refractivity (Wildman–Crippen MR) is 66.0 cm³/mol. The Kier molecular flexibility index (Phi) is 5.91. The van der Waals surface area contributed by atoms with E-state index in [0.717, 1.165) is 25.7 Å². The summed E-state index contributed by atoms with van der Waals surface area (Å²) in [4.78, 5) is 11.8. The summed E-state index contributed by atoms with van der Waals surface area (Å²) in [7, 11) is 0. The number of allylic oxidation sites excluding steroid dienone is 2. The first-order valence-corrected chi connectivity index (χ1v) is 6.18. The number of hydrogen-bond acceptors (Lipinski definition) is 2. The normalized spacial score (nSPS) is 25.6. The van der Waals surface area contributed by atoms with Gasteiger partial charge in [0.25, 0.3) is 0 Å². The van der Waals surface area contributed by atoms with Gasteiger partial charge in [-0.25, -0.2) is 0 Å². The highest BCUT2D eigenvalue weighted by atomic mass is 16.5. The molecule has 1 aliphatic rings. The largest absolute Gasteiger partial charge is 0.461 e. The van der Waals surface area contributed by atoms with Crippen LogP contribution in [0.5, 0.6) is 0 Å². The molecule has 2 atom stereocenters. The molecule has 0 bridgehead atoms. The van der Waals surface area contributed by atoms with E-state index in [1.165, 1.54) is 6.42 Å². The third kappa shape index (κ3) is 4.21. The molecule has 0 heterocycles. The maximum Gasteiger partial charge on any atom is 0.309 e. The van der Waals surface area contributed by atoms with Crippen molar-refractivity contribution >= 4 is 5.97 Å². The van der Waals surface area contributed by atoms with E-state index in [1.54, 1.807) is 0 Å². The Morgan fingerprint density at radius 2 is 2.12 bits per heavy atom. The number of carbonyl (C=O) groups excluding carboxylic acids is 1. The van der Waals surface area contributed by atoms with Crippen LogP contribution in [-0.4, -0.2) is 12.6 Å². The van der Waals surface area contributed by atoms with Gasteiger partial charge in [0.1, 0.15) is 6.61 Å². The van der Waals surface area contributed by atoms with Gasteiger partial charge in [0.15, 0.2) is 0 Å². The molecule has 1 aliphatic carbocycles. The van der Waals surface area contributed by atoms with Gasteiger partial charge in [0.2, 0.25) is 0 Å². The molecular weight excluding hydrogens is 200 g/mol. The monoisotopic (exact) mass is 222 g/mol. The summed E-state index contributed by atoms with van der Waals surface area (Å²) in [5, 5.41) is 0. The van der Waals surface area contributed by atoms with Gasteiger partial charge in [-0.1, -0.05) is 38.0 Å². The van der Waals surface area contributed by atoms with Gasteiger partial charge < -0.3 is 4.74 Å². The third-order valence-electron chi connectivity index (χ3n) is 3.21. The quantitative estimate of drug-likeness (QED) is 0.526. The highest BCUT2D eigenvalue weighted by Gasteiger charge is 2.28. The van der Waals surface area contributed by atoms with Crippen molar-refractivity contribution in [2.24, 2.45) is 11.8 Å². The van der Waals surface area contributed by atoms with Gasteiger partial charge in [0.05, 0.1) is 5.92 Å². The van der Waals surface area contributed by atoms with Gasteiger partial charge in [-0.15, -0.1) is 6.58 Å². The van der Waals surface area contributed by atoms with Crippen LogP contribution in [-0.2, 0) is 9.53 Å². The fourth-order valence-electron chi connectivity index (χ4n) is 2.16. The van der Waals surface area contributed by atoms with Crippen molar-refractivity contribution < 1.29 is 9.53 Å². The molecule has 0 radical (unpaired) electrons. The van der Waals surface area contributed by atoms with E-state index in [-0.39, 0.29) is 11.9 Å². The molecule has 1 rings (SSSR count). The summed E-state index contributed by atoms with van der Waals surface area (Å²) in [5.41, 5.74) is 0. The second-order valence-electron chi connectivity index (χ2n) is 4.49. The van der Waals surface area contributed by atoms with Crippen LogP contribution in [0.2, 0.25) is 0 Å². The minimum Gasteiger partial charge on any atom is -0.461 e. The SMILES string of the molecule is C=CC/C=C/COC(=O)C1CCCCC1C. The number of rotatable bonds is 5. The second kappa shape index (κ2) is 7.26.